The Kier molecular flexibility index (Phi) is 4.35. The summed E-state index contributed by atoms with van der Waals surface area (Å²) in [5, 5.41) is 0.571. The molecule has 5 heteroatoms. The van der Waals surface area contributed by atoms with E-state index in [4.69, 9.17) is 16.3 Å². The molecular formula is C15H11ClF2O2. The Morgan fingerprint density at radius 3 is 2.55 bits per heavy atom. The first kappa shape index (κ1) is 14.5. The number of carbonyl (C=O) groups is 1. The molecule has 0 N–H and O–H groups in total. The summed E-state index contributed by atoms with van der Waals surface area (Å²) in [4.78, 5) is 11.8. The van der Waals surface area contributed by atoms with Gasteiger partial charge in [0.2, 0.25) is 0 Å². The van der Waals surface area contributed by atoms with E-state index in [1.165, 1.54) is 6.07 Å². The normalized spacial score (nSPS) is 10.4. The van der Waals surface area contributed by atoms with Gasteiger partial charge in [0.25, 0.3) is 0 Å². The lowest BCUT2D eigenvalue weighted by Crippen LogP contribution is -2.12. The molecule has 2 aromatic rings. The van der Waals surface area contributed by atoms with E-state index in [0.29, 0.717) is 10.8 Å². The van der Waals surface area contributed by atoms with Crippen LogP contribution >= 0.6 is 11.6 Å². The van der Waals surface area contributed by atoms with Gasteiger partial charge in [-0.2, -0.15) is 0 Å². The summed E-state index contributed by atoms with van der Waals surface area (Å²) in [6.07, 6.45) is 0. The summed E-state index contributed by atoms with van der Waals surface area (Å²) in [5.41, 5.74) is 0.853. The van der Waals surface area contributed by atoms with Crippen molar-refractivity contribution >= 4 is 17.4 Å². The van der Waals surface area contributed by atoms with Crippen molar-refractivity contribution in [2.45, 2.75) is 6.92 Å². The van der Waals surface area contributed by atoms with Crippen molar-refractivity contribution in [1.82, 2.24) is 0 Å². The number of carbonyl (C=O) groups excluding carboxylic acids is 1. The molecular weight excluding hydrogens is 286 g/mol. The number of rotatable bonds is 4. The van der Waals surface area contributed by atoms with Gasteiger partial charge in [0.1, 0.15) is 5.75 Å². The molecule has 104 valence electrons. The average Bonchev–Trinajstić information content (AvgIpc) is 2.40. The first-order valence-corrected chi connectivity index (χ1v) is 6.22. The molecule has 20 heavy (non-hydrogen) atoms. The smallest absolute Gasteiger partial charge is 0.200 e. The van der Waals surface area contributed by atoms with E-state index in [0.717, 1.165) is 17.7 Å². The molecule has 0 radical (unpaired) electrons. The largest absolute Gasteiger partial charge is 0.485 e. The van der Waals surface area contributed by atoms with Crippen LogP contribution < -0.4 is 4.74 Å². The fourth-order valence-electron chi connectivity index (χ4n) is 1.67. The second-order valence-corrected chi connectivity index (χ2v) is 4.69. The van der Waals surface area contributed by atoms with Gasteiger partial charge >= 0.3 is 0 Å². The average molecular weight is 297 g/mol. The molecule has 0 aromatic heterocycles. The van der Waals surface area contributed by atoms with Crippen molar-refractivity contribution in [2.75, 3.05) is 6.61 Å². The highest BCUT2D eigenvalue weighted by Crippen LogP contribution is 2.22. The Bertz CT molecular complexity index is 656. The van der Waals surface area contributed by atoms with Crippen LogP contribution in [0.15, 0.2) is 36.4 Å². The molecule has 0 atom stereocenters. The van der Waals surface area contributed by atoms with E-state index in [9.17, 15) is 13.6 Å². The van der Waals surface area contributed by atoms with Crippen LogP contribution in [0.1, 0.15) is 15.9 Å². The molecule has 0 aliphatic rings. The van der Waals surface area contributed by atoms with Gasteiger partial charge in [-0.25, -0.2) is 8.78 Å². The van der Waals surface area contributed by atoms with Crippen molar-refractivity contribution in [1.29, 1.82) is 0 Å². The molecule has 0 spiro atoms. The maximum atomic E-state index is 13.0. The summed E-state index contributed by atoms with van der Waals surface area (Å²) in [6, 6.07) is 7.99. The number of Topliss-reactive ketones (excluding diaryl/α,β-unsaturated/α-hetero) is 1. The molecule has 0 bridgehead atoms. The van der Waals surface area contributed by atoms with Crippen molar-refractivity contribution in [2.24, 2.45) is 0 Å². The molecule has 2 nitrogen and oxygen atoms in total. The molecule has 0 saturated carbocycles. The number of benzene rings is 2. The Hall–Kier alpha value is -1.94. The Labute approximate surface area is 119 Å². The van der Waals surface area contributed by atoms with Crippen LogP contribution in [0.5, 0.6) is 5.75 Å². The Morgan fingerprint density at radius 2 is 1.90 bits per heavy atom. The summed E-state index contributed by atoms with van der Waals surface area (Å²) >= 11 is 5.81. The lowest BCUT2D eigenvalue weighted by Gasteiger charge is -2.08. The van der Waals surface area contributed by atoms with Gasteiger partial charge in [0.05, 0.1) is 0 Å². The SMILES string of the molecule is Cc1cc(Cl)ccc1OCC(=O)c1ccc(F)c(F)c1. The summed E-state index contributed by atoms with van der Waals surface area (Å²) in [6.45, 7) is 1.54. The van der Waals surface area contributed by atoms with Gasteiger partial charge < -0.3 is 4.74 Å². The van der Waals surface area contributed by atoms with Gasteiger partial charge in [-0.3, -0.25) is 4.79 Å². The summed E-state index contributed by atoms with van der Waals surface area (Å²) < 4.78 is 31.2. The second-order valence-electron chi connectivity index (χ2n) is 4.25. The molecule has 0 fully saturated rings. The molecule has 0 aliphatic carbocycles. The van der Waals surface area contributed by atoms with Crippen LogP contribution in [0.2, 0.25) is 5.02 Å². The summed E-state index contributed by atoms with van der Waals surface area (Å²) in [5.74, 6) is -1.96. The predicted molar refractivity (Wildman–Crippen MR) is 72.4 cm³/mol. The molecule has 0 saturated heterocycles. The zero-order valence-corrected chi connectivity index (χ0v) is 11.4. The lowest BCUT2D eigenvalue weighted by atomic mass is 10.1. The highest BCUT2D eigenvalue weighted by atomic mass is 35.5. The van der Waals surface area contributed by atoms with Crippen LogP contribution in [0.3, 0.4) is 0 Å². The number of ketones is 1. The van der Waals surface area contributed by atoms with Gasteiger partial charge in [-0.15, -0.1) is 0 Å². The number of ether oxygens (including phenoxy) is 1. The van der Waals surface area contributed by atoms with E-state index in [1.54, 1.807) is 25.1 Å². The van der Waals surface area contributed by atoms with Crippen LogP contribution in [-0.4, -0.2) is 12.4 Å². The van der Waals surface area contributed by atoms with E-state index in [2.05, 4.69) is 0 Å². The number of aryl methyl sites for hydroxylation is 1. The summed E-state index contributed by atoms with van der Waals surface area (Å²) in [7, 11) is 0. The van der Waals surface area contributed by atoms with Gasteiger partial charge in [-0.1, -0.05) is 11.6 Å². The molecule has 0 unspecified atom stereocenters. The fraction of sp³-hybridized carbons (Fsp3) is 0.133. The minimum absolute atomic E-state index is 0.0653. The van der Waals surface area contributed by atoms with E-state index < -0.39 is 17.4 Å². The third-order valence-electron chi connectivity index (χ3n) is 2.74. The minimum Gasteiger partial charge on any atom is -0.485 e. The fourth-order valence-corrected chi connectivity index (χ4v) is 1.90. The zero-order valence-electron chi connectivity index (χ0n) is 10.6. The topological polar surface area (TPSA) is 26.3 Å². The predicted octanol–water partition coefficient (Wildman–Crippen LogP) is 4.19. The molecule has 0 aliphatic heterocycles. The first-order valence-electron chi connectivity index (χ1n) is 5.84. The second kappa shape index (κ2) is 6.01. The third kappa shape index (κ3) is 3.33. The van der Waals surface area contributed by atoms with Crippen LogP contribution in [0.4, 0.5) is 8.78 Å². The zero-order chi connectivity index (χ0) is 14.7. The maximum Gasteiger partial charge on any atom is 0.200 e. The quantitative estimate of drug-likeness (QED) is 0.791. The lowest BCUT2D eigenvalue weighted by molar-refractivity contribution is 0.0920. The van der Waals surface area contributed by atoms with E-state index in [1.807, 2.05) is 0 Å². The number of hydrogen-bond acceptors (Lipinski definition) is 2. The Balaban J connectivity index is 2.06. The Morgan fingerprint density at radius 1 is 1.15 bits per heavy atom. The van der Waals surface area contributed by atoms with Gasteiger partial charge in [-0.05, 0) is 48.9 Å². The monoisotopic (exact) mass is 296 g/mol. The van der Waals surface area contributed by atoms with Crippen LogP contribution in [-0.2, 0) is 0 Å². The van der Waals surface area contributed by atoms with Crippen LogP contribution in [0.25, 0.3) is 0 Å². The van der Waals surface area contributed by atoms with Gasteiger partial charge in [0.15, 0.2) is 24.0 Å². The highest BCUT2D eigenvalue weighted by molar-refractivity contribution is 6.30. The standard InChI is InChI=1S/C15H11ClF2O2/c1-9-6-11(16)3-5-15(9)20-8-14(19)10-2-4-12(17)13(18)7-10/h2-7H,8H2,1H3. The first-order chi connectivity index (χ1) is 9.47. The number of halogens is 3. The molecule has 0 amide bonds. The third-order valence-corrected chi connectivity index (χ3v) is 2.97. The molecule has 0 heterocycles. The molecule has 2 aromatic carbocycles. The van der Waals surface area contributed by atoms with E-state index in [-0.39, 0.29) is 12.2 Å². The van der Waals surface area contributed by atoms with Crippen molar-refractivity contribution in [3.8, 4) is 5.75 Å². The minimum atomic E-state index is -1.06. The highest BCUT2D eigenvalue weighted by Gasteiger charge is 2.11. The molecule has 2 rings (SSSR count). The van der Waals surface area contributed by atoms with Crippen molar-refractivity contribution < 1.29 is 18.3 Å². The maximum absolute atomic E-state index is 13.0. The van der Waals surface area contributed by atoms with Crippen LogP contribution in [0, 0.1) is 18.6 Å². The van der Waals surface area contributed by atoms with Gasteiger partial charge in [0, 0.05) is 10.6 Å². The van der Waals surface area contributed by atoms with Crippen molar-refractivity contribution in [3.63, 3.8) is 0 Å². The number of hydrogen-bond donors (Lipinski definition) is 0. The van der Waals surface area contributed by atoms with Crippen molar-refractivity contribution in [3.05, 3.63) is 64.2 Å². The van der Waals surface area contributed by atoms with E-state index >= 15 is 0 Å².